The molecule has 3 aliphatic rings. The summed E-state index contributed by atoms with van der Waals surface area (Å²) in [7, 11) is 0.975. The number of fused-ring (bicyclic) bond motifs is 1. The van der Waals surface area contributed by atoms with Crippen molar-refractivity contribution >= 4 is 22.2 Å². The van der Waals surface area contributed by atoms with Gasteiger partial charge in [0.15, 0.2) is 9.84 Å². The molecule has 4 atom stereocenters. The van der Waals surface area contributed by atoms with Crippen molar-refractivity contribution in [1.82, 2.24) is 9.80 Å². The third kappa shape index (κ3) is 4.53. The topological polar surface area (TPSA) is 104 Å². The van der Waals surface area contributed by atoms with E-state index >= 15 is 0 Å². The molecule has 0 saturated carbocycles. The largest absolute Gasteiger partial charge is 0.483 e. The van der Waals surface area contributed by atoms with E-state index in [2.05, 4.69) is 19.0 Å². The SMILES string of the molecule is CN(C)C[C@H]1[C@@H]2CC[C@@]3(CN(C(=O)Cc4ccc(S(C)(=O)=O)cc4)C[C@@H]13)O2.O=CO. The molecule has 1 N–H and O–H groups in total. The summed E-state index contributed by atoms with van der Waals surface area (Å²) in [5.74, 6) is 1.03. The predicted octanol–water partition coefficient (Wildman–Crippen LogP) is 0.901. The van der Waals surface area contributed by atoms with Gasteiger partial charge in [0, 0.05) is 31.2 Å². The summed E-state index contributed by atoms with van der Waals surface area (Å²) >= 11 is 0. The number of ether oxygens (including phenoxy) is 1. The highest BCUT2D eigenvalue weighted by molar-refractivity contribution is 7.90. The predicted molar refractivity (Wildman–Crippen MR) is 111 cm³/mol. The van der Waals surface area contributed by atoms with Crippen molar-refractivity contribution in [2.75, 3.05) is 40.0 Å². The molecule has 1 aromatic carbocycles. The molecule has 4 rings (SSSR count). The lowest BCUT2D eigenvalue weighted by atomic mass is 9.73. The van der Waals surface area contributed by atoms with Gasteiger partial charge in [0.05, 0.1) is 29.6 Å². The maximum absolute atomic E-state index is 12.9. The van der Waals surface area contributed by atoms with Gasteiger partial charge in [-0.05, 0) is 44.6 Å². The number of amides is 1. The van der Waals surface area contributed by atoms with Gasteiger partial charge in [-0.3, -0.25) is 9.59 Å². The molecule has 1 aromatic rings. The van der Waals surface area contributed by atoms with Crippen LogP contribution in [0.1, 0.15) is 18.4 Å². The molecule has 9 heteroatoms. The van der Waals surface area contributed by atoms with E-state index in [9.17, 15) is 13.2 Å². The van der Waals surface area contributed by atoms with Crippen LogP contribution in [0.3, 0.4) is 0 Å². The minimum Gasteiger partial charge on any atom is -0.483 e. The molecule has 166 valence electrons. The molecule has 3 fully saturated rings. The zero-order chi connectivity index (χ0) is 22.1. The van der Waals surface area contributed by atoms with E-state index in [1.54, 1.807) is 24.3 Å². The van der Waals surface area contributed by atoms with Crippen LogP contribution in [-0.2, 0) is 30.6 Å². The lowest BCUT2D eigenvalue weighted by molar-refractivity contribution is -0.131. The molecule has 3 saturated heterocycles. The Morgan fingerprint density at radius 1 is 1.33 bits per heavy atom. The van der Waals surface area contributed by atoms with Crippen molar-refractivity contribution in [2.24, 2.45) is 11.8 Å². The first-order chi connectivity index (χ1) is 14.1. The van der Waals surface area contributed by atoms with E-state index in [1.165, 1.54) is 6.26 Å². The number of carbonyl (C=O) groups excluding carboxylic acids is 1. The summed E-state index contributed by atoms with van der Waals surface area (Å²) in [6, 6.07) is 6.63. The Morgan fingerprint density at radius 2 is 1.97 bits per heavy atom. The van der Waals surface area contributed by atoms with Gasteiger partial charge in [0.25, 0.3) is 6.47 Å². The summed E-state index contributed by atoms with van der Waals surface area (Å²) < 4.78 is 29.5. The number of likely N-dealkylation sites (tertiary alicyclic amines) is 1. The van der Waals surface area contributed by atoms with Crippen LogP contribution in [0.2, 0.25) is 0 Å². The first-order valence-corrected chi connectivity index (χ1v) is 12.0. The Morgan fingerprint density at radius 3 is 2.53 bits per heavy atom. The van der Waals surface area contributed by atoms with Crippen LogP contribution in [-0.4, -0.2) is 87.4 Å². The first kappa shape index (κ1) is 22.7. The van der Waals surface area contributed by atoms with Gasteiger partial charge in [-0.1, -0.05) is 12.1 Å². The van der Waals surface area contributed by atoms with E-state index in [4.69, 9.17) is 14.6 Å². The van der Waals surface area contributed by atoms with Crippen molar-refractivity contribution in [1.29, 1.82) is 0 Å². The number of sulfone groups is 1. The van der Waals surface area contributed by atoms with Crippen molar-refractivity contribution in [3.63, 3.8) is 0 Å². The molecule has 0 radical (unpaired) electrons. The van der Waals surface area contributed by atoms with Crippen LogP contribution in [0.4, 0.5) is 0 Å². The molecule has 0 unspecified atom stereocenters. The maximum Gasteiger partial charge on any atom is 0.290 e. The third-order valence-corrected chi connectivity index (χ3v) is 7.55. The number of carboxylic acid groups (broad SMARTS) is 1. The van der Waals surface area contributed by atoms with Crippen LogP contribution in [0, 0.1) is 11.8 Å². The Labute approximate surface area is 177 Å². The molecule has 0 aliphatic carbocycles. The van der Waals surface area contributed by atoms with Gasteiger partial charge < -0.3 is 19.6 Å². The number of rotatable bonds is 5. The molecule has 30 heavy (non-hydrogen) atoms. The Hall–Kier alpha value is -1.97. The van der Waals surface area contributed by atoms with Crippen molar-refractivity contribution in [2.45, 2.75) is 35.9 Å². The summed E-state index contributed by atoms with van der Waals surface area (Å²) in [6.07, 6.45) is 3.99. The zero-order valence-electron chi connectivity index (χ0n) is 17.7. The smallest absolute Gasteiger partial charge is 0.290 e. The fourth-order valence-corrected chi connectivity index (χ4v) is 5.82. The third-order valence-electron chi connectivity index (χ3n) is 6.42. The highest BCUT2D eigenvalue weighted by Crippen LogP contribution is 2.54. The summed E-state index contributed by atoms with van der Waals surface area (Å²) in [5.41, 5.74) is 0.707. The average Bonchev–Trinajstić information content (AvgIpc) is 3.31. The molecular weight excluding hydrogens is 408 g/mol. The van der Waals surface area contributed by atoms with Gasteiger partial charge in [0.1, 0.15) is 0 Å². The normalized spacial score (nSPS) is 29.5. The second-order valence-corrected chi connectivity index (χ2v) is 10.8. The van der Waals surface area contributed by atoms with E-state index in [-0.39, 0.29) is 22.9 Å². The molecule has 1 amide bonds. The maximum atomic E-state index is 12.9. The van der Waals surface area contributed by atoms with Crippen LogP contribution in [0.25, 0.3) is 0 Å². The highest BCUT2D eigenvalue weighted by Gasteiger charge is 2.63. The molecule has 0 aromatic heterocycles. The molecule has 3 heterocycles. The second kappa shape index (κ2) is 8.64. The molecule has 3 aliphatic heterocycles. The van der Waals surface area contributed by atoms with Crippen molar-refractivity contribution in [3.05, 3.63) is 29.8 Å². The average molecular weight is 439 g/mol. The summed E-state index contributed by atoms with van der Waals surface area (Å²) in [6.45, 7) is 2.22. The fraction of sp³-hybridized carbons (Fsp3) is 0.619. The number of nitrogens with zero attached hydrogens (tertiary/aromatic N) is 2. The van der Waals surface area contributed by atoms with Crippen molar-refractivity contribution < 1.29 is 27.9 Å². The Balaban J connectivity index is 0.000000806. The minimum absolute atomic E-state index is 0.0986. The molecule has 1 spiro atoms. The van der Waals surface area contributed by atoms with Gasteiger partial charge in [-0.25, -0.2) is 8.42 Å². The number of benzene rings is 1. The van der Waals surface area contributed by atoms with Gasteiger partial charge in [0.2, 0.25) is 5.91 Å². The molecule has 2 bridgehead atoms. The fourth-order valence-electron chi connectivity index (χ4n) is 5.19. The quantitative estimate of drug-likeness (QED) is 0.681. The van der Waals surface area contributed by atoms with Crippen LogP contribution in [0.5, 0.6) is 0 Å². The zero-order valence-corrected chi connectivity index (χ0v) is 18.5. The number of carbonyl (C=O) groups is 2. The highest BCUT2D eigenvalue weighted by atomic mass is 32.2. The van der Waals surface area contributed by atoms with E-state index in [1.807, 2.05) is 4.90 Å². The lowest BCUT2D eigenvalue weighted by Gasteiger charge is -2.30. The van der Waals surface area contributed by atoms with E-state index in [0.29, 0.717) is 30.9 Å². The van der Waals surface area contributed by atoms with Gasteiger partial charge in [-0.2, -0.15) is 0 Å². The second-order valence-electron chi connectivity index (χ2n) is 8.76. The molecular formula is C21H30N2O6S. The van der Waals surface area contributed by atoms with E-state index in [0.717, 1.165) is 31.5 Å². The standard InChI is InChI=1S/C20H28N2O4S.CH2O2/c1-21(2)11-16-17-12-22(13-20(17)9-8-18(16)26-20)19(23)10-14-4-6-15(7-5-14)27(3,24)25;2-1-3/h4-7,16-18H,8-13H2,1-3H3;1H,(H,2,3)/t16-,17+,18+,20+;/m1./s1. The lowest BCUT2D eigenvalue weighted by Crippen LogP contribution is -2.40. The number of hydrogen-bond donors (Lipinski definition) is 1. The first-order valence-electron chi connectivity index (χ1n) is 10.1. The summed E-state index contributed by atoms with van der Waals surface area (Å²) in [4.78, 5) is 25.7. The van der Waals surface area contributed by atoms with Gasteiger partial charge >= 0.3 is 0 Å². The van der Waals surface area contributed by atoms with Crippen LogP contribution < -0.4 is 0 Å². The minimum atomic E-state index is -3.21. The molecule has 8 nitrogen and oxygen atoms in total. The van der Waals surface area contributed by atoms with Gasteiger partial charge in [-0.15, -0.1) is 0 Å². The van der Waals surface area contributed by atoms with Crippen molar-refractivity contribution in [3.8, 4) is 0 Å². The van der Waals surface area contributed by atoms with E-state index < -0.39 is 9.84 Å². The van der Waals surface area contributed by atoms with Crippen LogP contribution >= 0.6 is 0 Å². The van der Waals surface area contributed by atoms with Crippen LogP contribution in [0.15, 0.2) is 29.2 Å². The number of hydrogen-bond acceptors (Lipinski definition) is 6. The Kier molecular flexibility index (Phi) is 6.54. The summed E-state index contributed by atoms with van der Waals surface area (Å²) in [5, 5.41) is 6.89. The monoisotopic (exact) mass is 438 g/mol. The Bertz CT molecular complexity index is 885.